The number of aromatic nitrogens is 1. The van der Waals surface area contributed by atoms with Crippen LogP contribution < -0.4 is 4.72 Å². The summed E-state index contributed by atoms with van der Waals surface area (Å²) in [6.07, 6.45) is -1.93. The van der Waals surface area contributed by atoms with E-state index in [1.54, 1.807) is 24.3 Å². The van der Waals surface area contributed by atoms with Crippen LogP contribution in [0.25, 0.3) is 22.6 Å². The lowest BCUT2D eigenvalue weighted by atomic mass is 9.79. The van der Waals surface area contributed by atoms with Gasteiger partial charge in [-0.1, -0.05) is 40.5 Å². The first kappa shape index (κ1) is 25.2. The van der Waals surface area contributed by atoms with Gasteiger partial charge in [-0.15, -0.1) is 0 Å². The molecule has 196 valence electrons. The second kappa shape index (κ2) is 8.71. The van der Waals surface area contributed by atoms with Crippen molar-refractivity contribution in [2.45, 2.75) is 37.4 Å². The van der Waals surface area contributed by atoms with Gasteiger partial charge in [0.2, 0.25) is 0 Å². The third-order valence-corrected chi connectivity index (χ3v) is 10.0. The molecule has 6 rings (SSSR count). The van der Waals surface area contributed by atoms with Gasteiger partial charge in [0.25, 0.3) is 10.2 Å². The summed E-state index contributed by atoms with van der Waals surface area (Å²) in [5.41, 5.74) is 3.26. The Morgan fingerprint density at radius 1 is 1.05 bits per heavy atom. The van der Waals surface area contributed by atoms with Gasteiger partial charge in [-0.3, -0.25) is 0 Å². The lowest BCUT2D eigenvalue weighted by Gasteiger charge is -2.33. The first-order valence-electron chi connectivity index (χ1n) is 11.8. The molecule has 6 nitrogen and oxygen atoms in total. The molecular weight excluding hydrogens is 550 g/mol. The van der Waals surface area contributed by atoms with Crippen molar-refractivity contribution in [3.63, 3.8) is 0 Å². The molecule has 12 heteroatoms. The lowest BCUT2D eigenvalue weighted by molar-refractivity contribution is -0.136. The summed E-state index contributed by atoms with van der Waals surface area (Å²) in [5.74, 6) is 0.354. The van der Waals surface area contributed by atoms with E-state index in [1.807, 2.05) is 18.2 Å². The van der Waals surface area contributed by atoms with Crippen molar-refractivity contribution in [1.82, 2.24) is 14.2 Å². The van der Waals surface area contributed by atoms with Crippen LogP contribution in [-0.4, -0.2) is 42.7 Å². The molecule has 1 aliphatic heterocycles. The van der Waals surface area contributed by atoms with Gasteiger partial charge < -0.3 is 4.52 Å². The van der Waals surface area contributed by atoms with Crippen molar-refractivity contribution in [3.05, 3.63) is 63.6 Å². The SMILES string of the molecule is O=S1(=O)N[C@]2(CN1CC(F)(F)F)[C@@H]1CC[C@H]2Cc2cc(-c3cc(-c4ccc(Cl)cc4Cl)no3)ccc2C1. The van der Waals surface area contributed by atoms with Crippen molar-refractivity contribution in [1.29, 1.82) is 0 Å². The van der Waals surface area contributed by atoms with Gasteiger partial charge in [-0.05, 0) is 72.9 Å². The molecule has 0 unspecified atom stereocenters. The molecule has 3 aliphatic rings. The van der Waals surface area contributed by atoms with Crippen LogP contribution in [-0.2, 0) is 23.1 Å². The fraction of sp³-hybridized carbons (Fsp3) is 0.400. The van der Waals surface area contributed by atoms with Crippen LogP contribution in [0.5, 0.6) is 0 Å². The number of fused-ring (bicyclic) bond motifs is 1. The third-order valence-electron chi connectivity index (χ3n) is 7.91. The number of rotatable bonds is 3. The van der Waals surface area contributed by atoms with Crippen LogP contribution in [0.4, 0.5) is 13.2 Å². The minimum Gasteiger partial charge on any atom is -0.356 e. The summed E-state index contributed by atoms with van der Waals surface area (Å²) in [5, 5.41) is 5.12. The Bertz CT molecular complexity index is 1490. The first-order chi connectivity index (χ1) is 17.4. The maximum absolute atomic E-state index is 13.1. The molecular formula is C25H22Cl2F3N3O3S. The molecule has 3 aromatic rings. The van der Waals surface area contributed by atoms with Crippen LogP contribution in [0.3, 0.4) is 0 Å². The number of hydrogen-bond donors (Lipinski definition) is 1. The highest BCUT2D eigenvalue weighted by atomic mass is 35.5. The van der Waals surface area contributed by atoms with Gasteiger partial charge in [0.1, 0.15) is 12.2 Å². The highest BCUT2D eigenvalue weighted by Crippen LogP contribution is 2.51. The van der Waals surface area contributed by atoms with E-state index in [2.05, 4.69) is 9.88 Å². The zero-order valence-electron chi connectivity index (χ0n) is 19.4. The van der Waals surface area contributed by atoms with Crippen molar-refractivity contribution >= 4 is 33.4 Å². The summed E-state index contributed by atoms with van der Waals surface area (Å²) >= 11 is 12.3. The van der Waals surface area contributed by atoms with E-state index in [9.17, 15) is 21.6 Å². The smallest absolute Gasteiger partial charge is 0.356 e. The van der Waals surface area contributed by atoms with E-state index in [1.165, 1.54) is 0 Å². The molecule has 1 N–H and O–H groups in total. The second-order valence-electron chi connectivity index (χ2n) is 10.1. The van der Waals surface area contributed by atoms with Crippen molar-refractivity contribution in [2.75, 3.05) is 13.1 Å². The van der Waals surface area contributed by atoms with Gasteiger partial charge >= 0.3 is 6.18 Å². The Morgan fingerprint density at radius 3 is 2.49 bits per heavy atom. The number of nitrogens with zero attached hydrogens (tertiary/aromatic N) is 2. The zero-order chi connectivity index (χ0) is 26.2. The molecule has 1 spiro atoms. The quantitative estimate of drug-likeness (QED) is 0.425. The Labute approximate surface area is 221 Å². The minimum atomic E-state index is -4.60. The molecule has 1 aromatic heterocycles. The standard InChI is InChI=1S/C25H22Cl2F3N3O3S/c26-19-5-6-20(21(27)10-19)22-11-23(36-31-22)15-2-1-14-8-17-3-4-18(9-16(14)7-15)24(17)12-33(13-25(28,29)30)37(34,35)32-24/h1-2,5-7,10-11,17-18,32H,3-4,8-9,12-13H2/t17-,18+,24-/m1/s1. The largest absolute Gasteiger partial charge is 0.402 e. The van der Waals surface area contributed by atoms with Crippen molar-refractivity contribution in [2.24, 2.45) is 11.8 Å². The van der Waals surface area contributed by atoms with Crippen LogP contribution in [0.2, 0.25) is 10.0 Å². The lowest BCUT2D eigenvalue weighted by Crippen LogP contribution is -2.52. The number of nitrogens with one attached hydrogen (secondary N) is 1. The molecule has 2 aromatic carbocycles. The van der Waals surface area contributed by atoms with Gasteiger partial charge in [-0.2, -0.15) is 30.6 Å². The Kier molecular flexibility index (Phi) is 5.93. The molecule has 2 heterocycles. The van der Waals surface area contributed by atoms with Crippen LogP contribution in [0.1, 0.15) is 24.0 Å². The predicted octanol–water partition coefficient (Wildman–Crippen LogP) is 5.89. The van der Waals surface area contributed by atoms with Gasteiger partial charge in [0.15, 0.2) is 5.76 Å². The van der Waals surface area contributed by atoms with Crippen LogP contribution in [0, 0.1) is 11.8 Å². The molecule has 2 fully saturated rings. The fourth-order valence-electron chi connectivity index (χ4n) is 6.23. The fourth-order valence-corrected chi connectivity index (χ4v) is 8.45. The molecule has 2 bridgehead atoms. The van der Waals surface area contributed by atoms with Gasteiger partial charge in [0.05, 0.1) is 10.6 Å². The maximum atomic E-state index is 13.1. The Morgan fingerprint density at radius 2 is 1.78 bits per heavy atom. The van der Waals surface area contributed by atoms with E-state index in [0.29, 0.717) is 44.2 Å². The summed E-state index contributed by atoms with van der Waals surface area (Å²) in [7, 11) is -4.22. The maximum Gasteiger partial charge on any atom is 0.402 e. The zero-order valence-corrected chi connectivity index (χ0v) is 21.7. The highest BCUT2D eigenvalue weighted by molar-refractivity contribution is 7.87. The monoisotopic (exact) mass is 571 g/mol. The van der Waals surface area contributed by atoms with E-state index in [-0.39, 0.29) is 18.4 Å². The molecule has 3 atom stereocenters. The predicted molar refractivity (Wildman–Crippen MR) is 133 cm³/mol. The summed E-state index contributed by atoms with van der Waals surface area (Å²) in [6, 6.07) is 12.8. The average Bonchev–Trinajstić information content (AvgIpc) is 3.42. The number of halogens is 5. The molecule has 0 radical (unpaired) electrons. The van der Waals surface area contributed by atoms with E-state index >= 15 is 0 Å². The number of alkyl halides is 3. The molecule has 2 aliphatic carbocycles. The van der Waals surface area contributed by atoms with E-state index in [4.69, 9.17) is 27.7 Å². The topological polar surface area (TPSA) is 75.4 Å². The van der Waals surface area contributed by atoms with Crippen LogP contribution >= 0.6 is 23.2 Å². The van der Waals surface area contributed by atoms with E-state index in [0.717, 1.165) is 29.5 Å². The van der Waals surface area contributed by atoms with Crippen molar-refractivity contribution < 1.29 is 26.1 Å². The Hall–Kier alpha value is -2.11. The van der Waals surface area contributed by atoms with Crippen LogP contribution in [0.15, 0.2) is 47.0 Å². The average molecular weight is 572 g/mol. The number of hydrogen-bond acceptors (Lipinski definition) is 4. The van der Waals surface area contributed by atoms with Gasteiger partial charge in [-0.25, -0.2) is 0 Å². The summed E-state index contributed by atoms with van der Waals surface area (Å²) in [6.45, 7) is -1.65. The summed E-state index contributed by atoms with van der Waals surface area (Å²) < 4.78 is 73.6. The van der Waals surface area contributed by atoms with E-state index < -0.39 is 28.5 Å². The normalized spacial score (nSPS) is 26.9. The highest BCUT2D eigenvalue weighted by Gasteiger charge is 2.60. The Balaban J connectivity index is 1.29. The summed E-state index contributed by atoms with van der Waals surface area (Å²) in [4.78, 5) is 0. The molecule has 1 saturated carbocycles. The minimum absolute atomic E-state index is 0.0819. The molecule has 0 amide bonds. The first-order valence-corrected chi connectivity index (χ1v) is 14.0. The number of benzene rings is 2. The molecule has 1 saturated heterocycles. The molecule has 37 heavy (non-hydrogen) atoms. The van der Waals surface area contributed by atoms with Gasteiger partial charge in [0, 0.05) is 28.8 Å². The third kappa shape index (κ3) is 4.46. The second-order valence-corrected chi connectivity index (χ2v) is 12.6. The van der Waals surface area contributed by atoms with Crippen molar-refractivity contribution in [3.8, 4) is 22.6 Å².